The summed E-state index contributed by atoms with van der Waals surface area (Å²) in [5, 5.41) is 7.41. The number of rotatable bonds is 3. The molecule has 3 atom stereocenters. The number of terminal acetylenes is 1. The van der Waals surface area contributed by atoms with Crippen LogP contribution in [0.15, 0.2) is 0 Å². The van der Waals surface area contributed by atoms with Gasteiger partial charge in [0.15, 0.2) is 0 Å². The van der Waals surface area contributed by atoms with E-state index in [0.717, 1.165) is 38.5 Å². The monoisotopic (exact) mass is 247 g/mol. The molecule has 1 aliphatic carbocycles. The zero-order valence-electron chi connectivity index (χ0n) is 10.6. The minimum absolute atomic E-state index is 0.0594. The Bertz CT molecular complexity index is 368. The van der Waals surface area contributed by atoms with Gasteiger partial charge in [0.2, 0.25) is 5.91 Å². The molecule has 1 amide bonds. The number of carbonyl (C=O) groups excluding carboxylic acids is 1. The smallest absolute Gasteiger partial charge is 0.241 e. The quantitative estimate of drug-likeness (QED) is 0.580. The molecule has 0 bridgehead atoms. The maximum atomic E-state index is 12.5. The van der Waals surface area contributed by atoms with E-state index in [1.54, 1.807) is 4.90 Å². The van der Waals surface area contributed by atoms with Crippen LogP contribution in [0.25, 0.3) is 0 Å². The molecule has 2 aliphatic rings. The van der Waals surface area contributed by atoms with Gasteiger partial charge >= 0.3 is 0 Å². The van der Waals surface area contributed by atoms with E-state index in [-0.39, 0.29) is 18.0 Å². The Morgan fingerprint density at radius 1 is 1.39 bits per heavy atom. The van der Waals surface area contributed by atoms with Crippen LogP contribution < -0.4 is 5.73 Å². The number of nitrogens with zero attached hydrogens (tertiary/aromatic N) is 1. The minimum atomic E-state index is -0.441. The van der Waals surface area contributed by atoms with Crippen molar-refractivity contribution in [2.45, 2.75) is 56.7 Å². The predicted molar refractivity (Wildman–Crippen MR) is 71.2 cm³/mol. The first-order valence-corrected chi connectivity index (χ1v) is 6.73. The van der Waals surface area contributed by atoms with Crippen molar-refractivity contribution in [3.05, 3.63) is 0 Å². The Labute approximate surface area is 108 Å². The maximum Gasteiger partial charge on any atom is 0.241 e. The van der Waals surface area contributed by atoms with Crippen LogP contribution in [0.2, 0.25) is 0 Å². The number of nitrogens with two attached hydrogens (primary N) is 1. The predicted octanol–water partition coefficient (Wildman–Crippen LogP) is 1.15. The SMILES string of the molecule is C#C[C@H]1CC[C@@H](C=N)N1C(=O)[C@@H](N)C1CCCC1. The van der Waals surface area contributed by atoms with Gasteiger partial charge in [0.25, 0.3) is 0 Å². The van der Waals surface area contributed by atoms with E-state index in [0.29, 0.717) is 5.92 Å². The highest BCUT2D eigenvalue weighted by atomic mass is 16.2. The van der Waals surface area contributed by atoms with E-state index >= 15 is 0 Å². The molecule has 0 aromatic heterocycles. The molecule has 1 saturated carbocycles. The molecule has 4 nitrogen and oxygen atoms in total. The van der Waals surface area contributed by atoms with E-state index in [9.17, 15) is 4.79 Å². The lowest BCUT2D eigenvalue weighted by Crippen LogP contribution is -2.51. The van der Waals surface area contributed by atoms with E-state index in [4.69, 9.17) is 17.6 Å². The van der Waals surface area contributed by atoms with Crippen LogP contribution in [0, 0.1) is 23.7 Å². The number of hydrogen-bond acceptors (Lipinski definition) is 3. The lowest BCUT2D eigenvalue weighted by molar-refractivity contribution is -0.134. The Kier molecular flexibility index (Phi) is 4.03. The molecule has 1 aliphatic heterocycles. The first kappa shape index (κ1) is 13.1. The second-order valence-electron chi connectivity index (χ2n) is 5.31. The van der Waals surface area contributed by atoms with Crippen molar-refractivity contribution in [2.75, 3.05) is 0 Å². The van der Waals surface area contributed by atoms with Gasteiger partial charge in [0.05, 0.1) is 18.1 Å². The van der Waals surface area contributed by atoms with E-state index in [2.05, 4.69) is 5.92 Å². The van der Waals surface area contributed by atoms with Gasteiger partial charge in [-0.3, -0.25) is 4.79 Å². The normalized spacial score (nSPS) is 30.1. The summed E-state index contributed by atoms with van der Waals surface area (Å²) < 4.78 is 0. The van der Waals surface area contributed by atoms with Gasteiger partial charge in [-0.05, 0) is 31.6 Å². The lowest BCUT2D eigenvalue weighted by atomic mass is 9.97. The number of nitrogens with one attached hydrogen (secondary N) is 1. The summed E-state index contributed by atoms with van der Waals surface area (Å²) in [5.74, 6) is 2.89. The average Bonchev–Trinajstić information content (AvgIpc) is 3.05. The van der Waals surface area contributed by atoms with Crippen LogP contribution in [0.3, 0.4) is 0 Å². The molecule has 0 aromatic carbocycles. The van der Waals surface area contributed by atoms with E-state index in [1.165, 1.54) is 6.21 Å². The van der Waals surface area contributed by atoms with Gasteiger partial charge in [-0.15, -0.1) is 6.42 Å². The van der Waals surface area contributed by atoms with Crippen LogP contribution in [0.1, 0.15) is 38.5 Å². The van der Waals surface area contributed by atoms with Crippen LogP contribution in [-0.2, 0) is 4.79 Å². The summed E-state index contributed by atoms with van der Waals surface area (Å²) in [6, 6.07) is -0.786. The van der Waals surface area contributed by atoms with E-state index in [1.807, 2.05) is 0 Å². The zero-order chi connectivity index (χ0) is 13.1. The highest BCUT2D eigenvalue weighted by molar-refractivity contribution is 5.86. The summed E-state index contributed by atoms with van der Waals surface area (Å²) in [6.45, 7) is 0. The van der Waals surface area contributed by atoms with E-state index < -0.39 is 6.04 Å². The van der Waals surface area contributed by atoms with Gasteiger partial charge in [-0.1, -0.05) is 18.8 Å². The molecular weight excluding hydrogens is 226 g/mol. The molecule has 3 N–H and O–H groups in total. The molecule has 0 radical (unpaired) electrons. The third-order valence-corrected chi connectivity index (χ3v) is 4.26. The third-order valence-electron chi connectivity index (χ3n) is 4.26. The average molecular weight is 247 g/mol. The molecule has 2 fully saturated rings. The topological polar surface area (TPSA) is 70.2 Å². The molecule has 2 rings (SSSR count). The highest BCUT2D eigenvalue weighted by Gasteiger charge is 2.39. The fourth-order valence-electron chi connectivity index (χ4n) is 3.17. The van der Waals surface area contributed by atoms with Crippen LogP contribution in [0.4, 0.5) is 0 Å². The molecular formula is C14H21N3O. The van der Waals surface area contributed by atoms with Crippen molar-refractivity contribution in [1.82, 2.24) is 4.90 Å². The number of hydrogen-bond donors (Lipinski definition) is 2. The number of amides is 1. The van der Waals surface area contributed by atoms with Crippen molar-refractivity contribution in [3.8, 4) is 12.3 Å². The standard InChI is InChI=1S/C14H21N3O/c1-2-11-7-8-12(9-15)17(11)14(18)13(16)10-5-3-4-6-10/h1,9-13,15H,3-8,16H2/t11-,12-,13-/m0/s1. The molecule has 98 valence electrons. The minimum Gasteiger partial charge on any atom is -0.320 e. The van der Waals surface area contributed by atoms with Crippen molar-refractivity contribution in [1.29, 1.82) is 5.41 Å². The fraction of sp³-hybridized carbons (Fsp3) is 0.714. The Morgan fingerprint density at radius 3 is 2.61 bits per heavy atom. The van der Waals surface area contributed by atoms with Gasteiger partial charge < -0.3 is 16.0 Å². The summed E-state index contributed by atoms with van der Waals surface area (Å²) in [6.07, 6.45) is 12.8. The summed E-state index contributed by atoms with van der Waals surface area (Å²) >= 11 is 0. The maximum absolute atomic E-state index is 12.5. The van der Waals surface area contributed by atoms with Crippen LogP contribution in [0.5, 0.6) is 0 Å². The number of carbonyl (C=O) groups is 1. The molecule has 1 heterocycles. The summed E-state index contributed by atoms with van der Waals surface area (Å²) in [7, 11) is 0. The molecule has 4 heteroatoms. The first-order valence-electron chi connectivity index (χ1n) is 6.73. The summed E-state index contributed by atoms with van der Waals surface area (Å²) in [5.41, 5.74) is 6.10. The fourth-order valence-corrected chi connectivity index (χ4v) is 3.17. The highest BCUT2D eigenvalue weighted by Crippen LogP contribution is 2.30. The zero-order valence-corrected chi connectivity index (χ0v) is 10.6. The van der Waals surface area contributed by atoms with Crippen molar-refractivity contribution >= 4 is 12.1 Å². The molecule has 1 saturated heterocycles. The van der Waals surface area contributed by atoms with Gasteiger partial charge in [-0.25, -0.2) is 0 Å². The van der Waals surface area contributed by atoms with Gasteiger partial charge in [0, 0.05) is 6.21 Å². The lowest BCUT2D eigenvalue weighted by Gasteiger charge is -2.30. The largest absolute Gasteiger partial charge is 0.320 e. The van der Waals surface area contributed by atoms with Gasteiger partial charge in [0.1, 0.15) is 0 Å². The van der Waals surface area contributed by atoms with Crippen molar-refractivity contribution in [2.24, 2.45) is 11.7 Å². The van der Waals surface area contributed by atoms with Crippen LogP contribution >= 0.6 is 0 Å². The Morgan fingerprint density at radius 2 is 2.06 bits per heavy atom. The Balaban J connectivity index is 2.10. The third kappa shape index (κ3) is 2.28. The van der Waals surface area contributed by atoms with Gasteiger partial charge in [-0.2, -0.15) is 0 Å². The van der Waals surface area contributed by atoms with Crippen molar-refractivity contribution in [3.63, 3.8) is 0 Å². The summed E-state index contributed by atoms with van der Waals surface area (Å²) in [4.78, 5) is 14.1. The molecule has 0 unspecified atom stereocenters. The second kappa shape index (κ2) is 5.53. The molecule has 0 aromatic rings. The van der Waals surface area contributed by atoms with Crippen LogP contribution in [-0.4, -0.2) is 35.1 Å². The Hall–Kier alpha value is -1.34. The molecule has 0 spiro atoms. The second-order valence-corrected chi connectivity index (χ2v) is 5.31. The first-order chi connectivity index (χ1) is 8.69. The molecule has 18 heavy (non-hydrogen) atoms. The van der Waals surface area contributed by atoms with Crippen molar-refractivity contribution < 1.29 is 4.79 Å². The number of likely N-dealkylation sites (tertiary alicyclic amines) is 1.